The SMILES string of the molecule is CCCCN(CCCC)C1=CC(=O)C(=O)c2cc3ccccc3cc21. The molecule has 0 unspecified atom stereocenters. The van der Waals surface area contributed by atoms with Crippen LogP contribution in [0.3, 0.4) is 0 Å². The Hall–Kier alpha value is -2.42. The third kappa shape index (κ3) is 3.51. The summed E-state index contributed by atoms with van der Waals surface area (Å²) < 4.78 is 0. The van der Waals surface area contributed by atoms with Gasteiger partial charge < -0.3 is 4.90 Å². The molecule has 2 aromatic rings. The summed E-state index contributed by atoms with van der Waals surface area (Å²) in [5.74, 6) is -0.800. The summed E-state index contributed by atoms with van der Waals surface area (Å²) in [5.41, 5.74) is 2.35. The topological polar surface area (TPSA) is 37.4 Å². The number of nitrogens with zero attached hydrogens (tertiary/aromatic N) is 1. The molecule has 25 heavy (non-hydrogen) atoms. The molecule has 0 radical (unpaired) electrons. The van der Waals surface area contributed by atoms with Crippen LogP contribution in [0.15, 0.2) is 42.5 Å². The van der Waals surface area contributed by atoms with E-state index in [0.717, 1.165) is 60.8 Å². The van der Waals surface area contributed by atoms with Gasteiger partial charge in [-0.1, -0.05) is 51.0 Å². The van der Waals surface area contributed by atoms with Crippen LogP contribution < -0.4 is 0 Å². The standard InChI is InChI=1S/C22H25NO2/c1-3-5-11-23(12-6-4-2)20-15-21(24)22(25)19-14-17-10-8-7-9-16(17)13-18(19)20/h7-10,13-15H,3-6,11-12H2,1-2H3. The summed E-state index contributed by atoms with van der Waals surface area (Å²) in [4.78, 5) is 27.0. The van der Waals surface area contributed by atoms with Crippen LogP contribution >= 0.6 is 0 Å². The van der Waals surface area contributed by atoms with Crippen molar-refractivity contribution < 1.29 is 9.59 Å². The Labute approximate surface area is 149 Å². The molecular formula is C22H25NO2. The smallest absolute Gasteiger partial charge is 0.233 e. The number of fused-ring (bicyclic) bond motifs is 2. The second-order valence-corrected chi connectivity index (χ2v) is 6.66. The van der Waals surface area contributed by atoms with Gasteiger partial charge in [-0.3, -0.25) is 9.59 Å². The van der Waals surface area contributed by atoms with Gasteiger partial charge in [0.05, 0.1) is 0 Å². The lowest BCUT2D eigenvalue weighted by Gasteiger charge is -2.30. The molecule has 0 saturated carbocycles. The van der Waals surface area contributed by atoms with Gasteiger partial charge in [-0.25, -0.2) is 0 Å². The predicted molar refractivity (Wildman–Crippen MR) is 103 cm³/mol. The minimum absolute atomic E-state index is 0.393. The van der Waals surface area contributed by atoms with Crippen LogP contribution in [0, 0.1) is 0 Å². The summed E-state index contributed by atoms with van der Waals surface area (Å²) in [7, 11) is 0. The van der Waals surface area contributed by atoms with Gasteiger partial charge in [-0.05, 0) is 35.7 Å². The summed E-state index contributed by atoms with van der Waals surface area (Å²) in [6.07, 6.45) is 5.91. The maximum atomic E-state index is 12.4. The summed E-state index contributed by atoms with van der Waals surface area (Å²) >= 11 is 0. The second-order valence-electron chi connectivity index (χ2n) is 6.66. The molecule has 2 aromatic carbocycles. The third-order valence-corrected chi connectivity index (χ3v) is 4.80. The number of ketones is 2. The van der Waals surface area contributed by atoms with Crippen LogP contribution in [0.2, 0.25) is 0 Å². The van der Waals surface area contributed by atoms with Crippen molar-refractivity contribution in [1.29, 1.82) is 0 Å². The van der Waals surface area contributed by atoms with Crippen LogP contribution in [0.4, 0.5) is 0 Å². The van der Waals surface area contributed by atoms with Crippen molar-refractivity contribution in [3.63, 3.8) is 0 Å². The van der Waals surface area contributed by atoms with Gasteiger partial charge in [0, 0.05) is 36.0 Å². The molecule has 0 fully saturated rings. The van der Waals surface area contributed by atoms with Gasteiger partial charge in [0.1, 0.15) is 0 Å². The zero-order chi connectivity index (χ0) is 17.8. The van der Waals surface area contributed by atoms with Gasteiger partial charge in [0.2, 0.25) is 11.6 Å². The van der Waals surface area contributed by atoms with Gasteiger partial charge >= 0.3 is 0 Å². The molecule has 3 heteroatoms. The number of allylic oxidation sites excluding steroid dienone is 1. The molecule has 0 bridgehead atoms. The van der Waals surface area contributed by atoms with Crippen LogP contribution in [-0.4, -0.2) is 29.6 Å². The zero-order valence-corrected chi connectivity index (χ0v) is 15.0. The average molecular weight is 335 g/mol. The number of unbranched alkanes of at least 4 members (excludes halogenated alkanes) is 2. The fourth-order valence-electron chi connectivity index (χ4n) is 3.35. The van der Waals surface area contributed by atoms with E-state index >= 15 is 0 Å². The lowest BCUT2D eigenvalue weighted by Crippen LogP contribution is -2.30. The molecule has 0 heterocycles. The molecule has 1 aliphatic rings. The van der Waals surface area contributed by atoms with E-state index in [1.54, 1.807) is 6.08 Å². The Balaban J connectivity index is 2.10. The maximum Gasteiger partial charge on any atom is 0.233 e. The fourth-order valence-corrected chi connectivity index (χ4v) is 3.35. The highest BCUT2D eigenvalue weighted by Gasteiger charge is 2.28. The number of benzene rings is 2. The van der Waals surface area contributed by atoms with E-state index < -0.39 is 11.6 Å². The minimum atomic E-state index is -0.407. The number of rotatable bonds is 7. The first-order valence-corrected chi connectivity index (χ1v) is 9.24. The highest BCUT2D eigenvalue weighted by molar-refractivity contribution is 6.50. The maximum absolute atomic E-state index is 12.4. The van der Waals surface area contributed by atoms with E-state index in [4.69, 9.17) is 0 Å². The molecule has 0 aromatic heterocycles. The Bertz CT molecular complexity index is 827. The monoisotopic (exact) mass is 335 g/mol. The van der Waals surface area contributed by atoms with Crippen LogP contribution in [0.1, 0.15) is 55.5 Å². The third-order valence-electron chi connectivity index (χ3n) is 4.80. The number of hydrogen-bond acceptors (Lipinski definition) is 3. The molecule has 1 aliphatic carbocycles. The van der Waals surface area contributed by atoms with E-state index in [-0.39, 0.29) is 0 Å². The molecular weight excluding hydrogens is 310 g/mol. The van der Waals surface area contributed by atoms with E-state index in [1.165, 1.54) is 0 Å². The minimum Gasteiger partial charge on any atom is -0.371 e. The van der Waals surface area contributed by atoms with Crippen molar-refractivity contribution >= 4 is 28.0 Å². The van der Waals surface area contributed by atoms with Crippen LogP contribution in [0.5, 0.6) is 0 Å². The van der Waals surface area contributed by atoms with Crippen LogP contribution in [0.25, 0.3) is 16.5 Å². The fraction of sp³-hybridized carbons (Fsp3) is 0.364. The van der Waals surface area contributed by atoms with Crippen molar-refractivity contribution in [3.05, 3.63) is 53.6 Å². The zero-order valence-electron chi connectivity index (χ0n) is 15.0. The van der Waals surface area contributed by atoms with E-state index in [0.29, 0.717) is 5.56 Å². The molecule has 3 nitrogen and oxygen atoms in total. The summed E-state index contributed by atoms with van der Waals surface area (Å²) in [6, 6.07) is 11.9. The summed E-state index contributed by atoms with van der Waals surface area (Å²) in [6.45, 7) is 6.17. The number of carbonyl (C=O) groups is 2. The second kappa shape index (κ2) is 7.64. The molecule has 3 rings (SSSR count). The van der Waals surface area contributed by atoms with Crippen molar-refractivity contribution in [3.8, 4) is 0 Å². The van der Waals surface area contributed by atoms with E-state index in [1.807, 2.05) is 24.3 Å². The Morgan fingerprint density at radius 2 is 1.40 bits per heavy atom. The molecule has 0 atom stereocenters. The first-order chi connectivity index (χ1) is 12.2. The highest BCUT2D eigenvalue weighted by atomic mass is 16.2. The van der Waals surface area contributed by atoms with Crippen molar-refractivity contribution in [2.24, 2.45) is 0 Å². The lowest BCUT2D eigenvalue weighted by atomic mass is 9.89. The molecule has 0 amide bonds. The quantitative estimate of drug-likeness (QED) is 0.679. The Morgan fingerprint density at radius 1 is 0.840 bits per heavy atom. The first-order valence-electron chi connectivity index (χ1n) is 9.24. The summed E-state index contributed by atoms with van der Waals surface area (Å²) in [5, 5.41) is 2.09. The van der Waals surface area contributed by atoms with Gasteiger partial charge in [0.25, 0.3) is 0 Å². The molecule has 0 spiro atoms. The molecule has 0 aliphatic heterocycles. The van der Waals surface area contributed by atoms with Crippen molar-refractivity contribution in [2.75, 3.05) is 13.1 Å². The predicted octanol–water partition coefficient (Wildman–Crippen LogP) is 4.85. The lowest BCUT2D eigenvalue weighted by molar-refractivity contribution is -0.111. The van der Waals surface area contributed by atoms with Crippen molar-refractivity contribution in [1.82, 2.24) is 4.90 Å². The van der Waals surface area contributed by atoms with Crippen LogP contribution in [-0.2, 0) is 4.79 Å². The number of Topliss-reactive ketones (excluding diaryl/α,β-unsaturated/α-hetero) is 1. The number of hydrogen-bond donors (Lipinski definition) is 0. The molecule has 0 N–H and O–H groups in total. The highest BCUT2D eigenvalue weighted by Crippen LogP contribution is 2.32. The Morgan fingerprint density at radius 3 is 1.96 bits per heavy atom. The van der Waals surface area contributed by atoms with Crippen molar-refractivity contribution in [2.45, 2.75) is 39.5 Å². The molecule has 130 valence electrons. The average Bonchev–Trinajstić information content (AvgIpc) is 2.64. The normalized spacial score (nSPS) is 13.8. The van der Waals surface area contributed by atoms with Gasteiger partial charge in [-0.15, -0.1) is 0 Å². The largest absolute Gasteiger partial charge is 0.371 e. The first kappa shape index (κ1) is 17.4. The van der Waals surface area contributed by atoms with Gasteiger partial charge in [-0.2, -0.15) is 0 Å². The van der Waals surface area contributed by atoms with E-state index in [2.05, 4.69) is 30.9 Å². The Kier molecular flexibility index (Phi) is 5.32. The van der Waals surface area contributed by atoms with Gasteiger partial charge in [0.15, 0.2) is 0 Å². The van der Waals surface area contributed by atoms with E-state index in [9.17, 15) is 9.59 Å². The molecule has 0 saturated heterocycles. The number of carbonyl (C=O) groups excluding carboxylic acids is 2.